The van der Waals surface area contributed by atoms with Crippen LogP contribution in [-0.4, -0.2) is 11.0 Å². The molecule has 0 saturated carbocycles. The van der Waals surface area contributed by atoms with E-state index in [0.717, 1.165) is 5.56 Å². The van der Waals surface area contributed by atoms with Crippen molar-refractivity contribution in [1.29, 1.82) is 0 Å². The van der Waals surface area contributed by atoms with E-state index in [1.165, 1.54) is 0 Å². The molecule has 0 aromatic heterocycles. The van der Waals surface area contributed by atoms with Crippen LogP contribution in [0.5, 0.6) is 5.75 Å². The minimum Gasteiger partial charge on any atom is -0.508 e. The van der Waals surface area contributed by atoms with Crippen LogP contribution in [0.25, 0.3) is 0 Å². The Kier molecular flexibility index (Phi) is 3.76. The van der Waals surface area contributed by atoms with Crippen LogP contribution < -0.4 is 5.32 Å². The minimum atomic E-state index is -0.265. The zero-order valence-electron chi connectivity index (χ0n) is 10.7. The van der Waals surface area contributed by atoms with Crippen LogP contribution in [-0.2, 0) is 0 Å². The van der Waals surface area contributed by atoms with Crippen LogP contribution in [0.1, 0.15) is 21.5 Å². The van der Waals surface area contributed by atoms with Gasteiger partial charge in [-0.05, 0) is 49.2 Å². The molecule has 0 spiro atoms. The molecule has 0 aliphatic carbocycles. The third-order valence-corrected chi connectivity index (χ3v) is 3.39. The first-order chi connectivity index (χ1) is 8.99. The Morgan fingerprint density at radius 3 is 2.58 bits per heavy atom. The number of rotatable bonds is 2. The average molecular weight is 276 g/mol. The normalized spacial score (nSPS) is 10.3. The maximum atomic E-state index is 12.1. The molecule has 0 aliphatic rings. The van der Waals surface area contributed by atoms with Crippen LogP contribution in [0.3, 0.4) is 0 Å². The van der Waals surface area contributed by atoms with Crippen molar-refractivity contribution < 1.29 is 9.90 Å². The molecule has 0 saturated heterocycles. The zero-order chi connectivity index (χ0) is 14.0. The van der Waals surface area contributed by atoms with Crippen molar-refractivity contribution in [3.05, 3.63) is 58.1 Å². The van der Waals surface area contributed by atoms with E-state index in [4.69, 9.17) is 11.6 Å². The number of hydrogen-bond acceptors (Lipinski definition) is 2. The number of nitrogens with one attached hydrogen (secondary N) is 1. The van der Waals surface area contributed by atoms with Crippen LogP contribution in [0.15, 0.2) is 36.4 Å². The van der Waals surface area contributed by atoms with Crippen molar-refractivity contribution in [3.63, 3.8) is 0 Å². The fraction of sp³-hybridized carbons (Fsp3) is 0.133. The number of phenols is 1. The Labute approximate surface area is 116 Å². The van der Waals surface area contributed by atoms with Gasteiger partial charge in [-0.1, -0.05) is 23.7 Å². The molecule has 2 aromatic rings. The Bertz CT molecular complexity index is 638. The monoisotopic (exact) mass is 275 g/mol. The summed E-state index contributed by atoms with van der Waals surface area (Å²) in [4.78, 5) is 12.1. The lowest BCUT2D eigenvalue weighted by molar-refractivity contribution is 0.102. The molecule has 0 bridgehead atoms. The van der Waals surface area contributed by atoms with Gasteiger partial charge >= 0.3 is 0 Å². The van der Waals surface area contributed by atoms with Gasteiger partial charge in [-0.3, -0.25) is 4.79 Å². The standard InChI is InChI=1S/C15H14ClNO2/c1-9-4-3-5-12(14(9)16)15(19)17-11-6-7-13(18)10(2)8-11/h3-8,18H,1-2H3,(H,17,19). The van der Waals surface area contributed by atoms with Gasteiger partial charge in [0.2, 0.25) is 0 Å². The van der Waals surface area contributed by atoms with Crippen LogP contribution in [0, 0.1) is 13.8 Å². The van der Waals surface area contributed by atoms with Crippen LogP contribution >= 0.6 is 11.6 Å². The molecule has 3 nitrogen and oxygen atoms in total. The highest BCUT2D eigenvalue weighted by atomic mass is 35.5. The third-order valence-electron chi connectivity index (χ3n) is 2.89. The van der Waals surface area contributed by atoms with Crippen molar-refractivity contribution in [3.8, 4) is 5.75 Å². The topological polar surface area (TPSA) is 49.3 Å². The predicted molar refractivity (Wildman–Crippen MR) is 77.0 cm³/mol. The van der Waals surface area contributed by atoms with Crippen molar-refractivity contribution in [1.82, 2.24) is 0 Å². The van der Waals surface area contributed by atoms with E-state index >= 15 is 0 Å². The van der Waals surface area contributed by atoms with Crippen molar-refractivity contribution >= 4 is 23.2 Å². The molecule has 1 amide bonds. The minimum absolute atomic E-state index is 0.201. The van der Waals surface area contributed by atoms with Crippen molar-refractivity contribution in [2.24, 2.45) is 0 Å². The summed E-state index contributed by atoms with van der Waals surface area (Å²) < 4.78 is 0. The second kappa shape index (κ2) is 5.33. The summed E-state index contributed by atoms with van der Waals surface area (Å²) in [6, 6.07) is 10.2. The molecule has 19 heavy (non-hydrogen) atoms. The van der Waals surface area contributed by atoms with Gasteiger partial charge in [-0.2, -0.15) is 0 Å². The lowest BCUT2D eigenvalue weighted by atomic mass is 10.1. The summed E-state index contributed by atoms with van der Waals surface area (Å²) >= 11 is 6.11. The Morgan fingerprint density at radius 1 is 1.16 bits per heavy atom. The van der Waals surface area contributed by atoms with Crippen LogP contribution in [0.4, 0.5) is 5.69 Å². The fourth-order valence-corrected chi connectivity index (χ4v) is 1.97. The Morgan fingerprint density at radius 2 is 1.89 bits per heavy atom. The van der Waals surface area contributed by atoms with E-state index in [2.05, 4.69) is 5.32 Å². The molecule has 2 N–H and O–H groups in total. The smallest absolute Gasteiger partial charge is 0.257 e. The van der Waals surface area contributed by atoms with E-state index in [9.17, 15) is 9.90 Å². The van der Waals surface area contributed by atoms with E-state index < -0.39 is 0 Å². The largest absolute Gasteiger partial charge is 0.508 e. The first-order valence-corrected chi connectivity index (χ1v) is 6.23. The average Bonchev–Trinajstić information content (AvgIpc) is 2.37. The Balaban J connectivity index is 2.26. The Hall–Kier alpha value is -2.00. The second-order valence-corrected chi connectivity index (χ2v) is 4.77. The first kappa shape index (κ1) is 13.4. The number of aryl methyl sites for hydroxylation is 2. The summed E-state index contributed by atoms with van der Waals surface area (Å²) in [6.45, 7) is 3.62. The van der Waals surface area contributed by atoms with Gasteiger partial charge in [0, 0.05) is 5.69 Å². The summed E-state index contributed by atoms with van der Waals surface area (Å²) in [7, 11) is 0. The van der Waals surface area contributed by atoms with E-state index in [0.29, 0.717) is 21.8 Å². The molecule has 98 valence electrons. The fourth-order valence-electron chi connectivity index (χ4n) is 1.75. The summed E-state index contributed by atoms with van der Waals surface area (Å²) in [5, 5.41) is 12.7. The van der Waals surface area contributed by atoms with Gasteiger partial charge in [0.15, 0.2) is 0 Å². The number of carbonyl (C=O) groups excluding carboxylic acids is 1. The molecule has 0 atom stereocenters. The van der Waals surface area contributed by atoms with Gasteiger partial charge in [0.05, 0.1) is 10.6 Å². The number of halogens is 1. The van der Waals surface area contributed by atoms with Gasteiger partial charge in [0.25, 0.3) is 5.91 Å². The highest BCUT2D eigenvalue weighted by Gasteiger charge is 2.12. The number of carbonyl (C=O) groups is 1. The number of amides is 1. The zero-order valence-corrected chi connectivity index (χ0v) is 11.5. The molecule has 2 rings (SSSR count). The quantitative estimate of drug-likeness (QED) is 0.816. The van der Waals surface area contributed by atoms with Gasteiger partial charge in [-0.25, -0.2) is 0 Å². The van der Waals surface area contributed by atoms with Gasteiger partial charge in [-0.15, -0.1) is 0 Å². The number of phenolic OH excluding ortho intramolecular Hbond substituents is 1. The number of aromatic hydroxyl groups is 1. The molecule has 0 heterocycles. The van der Waals surface area contributed by atoms with E-state index in [-0.39, 0.29) is 11.7 Å². The summed E-state index contributed by atoms with van der Waals surface area (Å²) in [6.07, 6.45) is 0. The number of hydrogen-bond donors (Lipinski definition) is 2. The highest BCUT2D eigenvalue weighted by Crippen LogP contribution is 2.23. The molecule has 0 fully saturated rings. The van der Waals surface area contributed by atoms with Gasteiger partial charge < -0.3 is 10.4 Å². The molecule has 2 aromatic carbocycles. The molecule has 0 unspecified atom stereocenters. The molecular formula is C15H14ClNO2. The van der Waals surface area contributed by atoms with Crippen molar-refractivity contribution in [2.75, 3.05) is 5.32 Å². The number of anilines is 1. The van der Waals surface area contributed by atoms with Crippen molar-refractivity contribution in [2.45, 2.75) is 13.8 Å². The maximum Gasteiger partial charge on any atom is 0.257 e. The maximum absolute atomic E-state index is 12.1. The predicted octanol–water partition coefficient (Wildman–Crippen LogP) is 3.91. The number of benzene rings is 2. The van der Waals surface area contributed by atoms with E-state index in [1.807, 2.05) is 13.0 Å². The lowest BCUT2D eigenvalue weighted by Crippen LogP contribution is -2.12. The lowest BCUT2D eigenvalue weighted by Gasteiger charge is -2.09. The summed E-state index contributed by atoms with van der Waals surface area (Å²) in [5.74, 6) is -0.0645. The third kappa shape index (κ3) is 2.88. The molecule has 0 aliphatic heterocycles. The highest BCUT2D eigenvalue weighted by molar-refractivity contribution is 6.35. The SMILES string of the molecule is Cc1cc(NC(=O)c2cccc(C)c2Cl)ccc1O. The molecule has 0 radical (unpaired) electrons. The molecule has 4 heteroatoms. The van der Waals surface area contributed by atoms with E-state index in [1.54, 1.807) is 37.3 Å². The molecular weight excluding hydrogens is 262 g/mol. The van der Waals surface area contributed by atoms with Crippen LogP contribution in [0.2, 0.25) is 5.02 Å². The van der Waals surface area contributed by atoms with Gasteiger partial charge in [0.1, 0.15) is 5.75 Å². The summed E-state index contributed by atoms with van der Waals surface area (Å²) in [5.41, 5.74) is 2.62. The second-order valence-electron chi connectivity index (χ2n) is 4.39. The first-order valence-electron chi connectivity index (χ1n) is 5.85.